The van der Waals surface area contributed by atoms with E-state index in [9.17, 15) is 4.79 Å². The molecule has 0 amide bonds. The molecule has 2 aliphatic rings. The number of carbonyl (C=O) groups excluding carboxylic acids is 1. The Kier molecular flexibility index (Phi) is 5.01. The van der Waals surface area contributed by atoms with Gasteiger partial charge in [0.15, 0.2) is 0 Å². The maximum Gasteiger partial charge on any atom is 0.293 e. The average molecular weight is 406 g/mol. The molecular weight excluding hydrogens is 385 g/mol. The number of para-hydroxylation sites is 1. The van der Waals surface area contributed by atoms with Gasteiger partial charge >= 0.3 is 0 Å². The Labute approximate surface area is 168 Å². The second-order valence-electron chi connectivity index (χ2n) is 7.56. The Bertz CT molecular complexity index is 811. The summed E-state index contributed by atoms with van der Waals surface area (Å²) in [6.45, 7) is 6.50. The van der Waals surface area contributed by atoms with Gasteiger partial charge in [0.25, 0.3) is 6.47 Å². The van der Waals surface area contributed by atoms with Gasteiger partial charge in [0.1, 0.15) is 5.60 Å². The zero-order valence-electron chi connectivity index (χ0n) is 15.1. The zero-order chi connectivity index (χ0) is 19.0. The minimum Gasteiger partial charge on any atom is -0.459 e. The summed E-state index contributed by atoms with van der Waals surface area (Å²) in [7, 11) is 0. The summed E-state index contributed by atoms with van der Waals surface area (Å²) in [5, 5.41) is 1.38. The normalized spacial score (nSPS) is 19.3. The topological polar surface area (TPSA) is 45.7 Å². The molecule has 2 saturated heterocycles. The number of likely N-dealkylation sites (tertiary alicyclic amines) is 1. The summed E-state index contributed by atoms with van der Waals surface area (Å²) in [6.07, 6.45) is 1.96. The molecular formula is C20H21Cl2N3O2. The third-order valence-electron chi connectivity index (χ3n) is 5.29. The van der Waals surface area contributed by atoms with Crippen LogP contribution in [-0.2, 0) is 16.1 Å². The van der Waals surface area contributed by atoms with Crippen molar-refractivity contribution in [2.75, 3.05) is 31.1 Å². The largest absolute Gasteiger partial charge is 0.459 e. The number of halogens is 2. The molecule has 5 nitrogen and oxygen atoms in total. The first-order chi connectivity index (χ1) is 13.0. The molecule has 27 heavy (non-hydrogen) atoms. The summed E-state index contributed by atoms with van der Waals surface area (Å²) in [4.78, 5) is 19.5. The molecule has 0 saturated carbocycles. The standard InChI is InChI=1S/C20H21Cl2N3O2/c1-20(27-13-26)11-24(12-20)10-16-6-5-14(7-23-16)15-8-25(9-15)19-17(21)3-2-4-18(19)22/h2-7,13,15H,8-12H2,1H3. The molecule has 0 aliphatic carbocycles. The van der Waals surface area contributed by atoms with E-state index in [1.807, 2.05) is 31.3 Å². The molecule has 2 aromatic rings. The third kappa shape index (κ3) is 3.77. The molecule has 4 rings (SSSR count). The SMILES string of the molecule is CC1(OC=O)CN(Cc2ccc(C3CN(c4c(Cl)cccc4Cl)C3)cn2)C1. The van der Waals surface area contributed by atoms with Crippen molar-refractivity contribution in [3.8, 4) is 0 Å². The molecule has 1 aromatic heterocycles. The predicted molar refractivity (Wildman–Crippen MR) is 106 cm³/mol. The summed E-state index contributed by atoms with van der Waals surface area (Å²) < 4.78 is 5.10. The molecule has 0 unspecified atom stereocenters. The second kappa shape index (κ2) is 7.30. The van der Waals surface area contributed by atoms with E-state index >= 15 is 0 Å². The molecule has 7 heteroatoms. The highest BCUT2D eigenvalue weighted by atomic mass is 35.5. The number of aromatic nitrogens is 1. The first-order valence-corrected chi connectivity index (χ1v) is 9.71. The van der Waals surface area contributed by atoms with E-state index in [-0.39, 0.29) is 5.60 Å². The first kappa shape index (κ1) is 18.5. The van der Waals surface area contributed by atoms with E-state index in [0.29, 0.717) is 22.4 Å². The van der Waals surface area contributed by atoms with Gasteiger partial charge in [-0.1, -0.05) is 35.3 Å². The van der Waals surface area contributed by atoms with Crippen molar-refractivity contribution in [1.82, 2.24) is 9.88 Å². The Morgan fingerprint density at radius 3 is 2.52 bits per heavy atom. The lowest BCUT2D eigenvalue weighted by Crippen LogP contribution is -2.60. The van der Waals surface area contributed by atoms with E-state index in [2.05, 4.69) is 26.9 Å². The first-order valence-electron chi connectivity index (χ1n) is 8.95. The molecule has 0 spiro atoms. The molecule has 142 valence electrons. The monoisotopic (exact) mass is 405 g/mol. The molecule has 1 aromatic carbocycles. The zero-order valence-corrected chi connectivity index (χ0v) is 16.6. The lowest BCUT2D eigenvalue weighted by molar-refractivity contribution is -0.161. The predicted octanol–water partition coefficient (Wildman–Crippen LogP) is 3.74. The van der Waals surface area contributed by atoms with E-state index in [1.165, 1.54) is 5.56 Å². The lowest BCUT2D eigenvalue weighted by atomic mass is 9.91. The second-order valence-corrected chi connectivity index (χ2v) is 8.38. The molecule has 0 bridgehead atoms. The number of hydrogen-bond donors (Lipinski definition) is 0. The summed E-state index contributed by atoms with van der Waals surface area (Å²) >= 11 is 12.6. The van der Waals surface area contributed by atoms with Gasteiger partial charge in [-0.25, -0.2) is 0 Å². The Morgan fingerprint density at radius 1 is 1.22 bits per heavy atom. The van der Waals surface area contributed by atoms with E-state index < -0.39 is 0 Å². The van der Waals surface area contributed by atoms with Gasteiger partial charge in [-0.3, -0.25) is 14.7 Å². The van der Waals surface area contributed by atoms with Crippen molar-refractivity contribution >= 4 is 35.4 Å². The number of carbonyl (C=O) groups is 1. The molecule has 3 heterocycles. The maximum atomic E-state index is 10.5. The maximum absolute atomic E-state index is 10.5. The van der Waals surface area contributed by atoms with Gasteiger partial charge in [-0.05, 0) is 30.7 Å². The quantitative estimate of drug-likeness (QED) is 0.684. The van der Waals surface area contributed by atoms with Crippen LogP contribution in [0.1, 0.15) is 24.1 Å². The number of benzene rings is 1. The number of anilines is 1. The van der Waals surface area contributed by atoms with Crippen LogP contribution < -0.4 is 4.90 Å². The van der Waals surface area contributed by atoms with Crippen LogP contribution in [0.4, 0.5) is 5.69 Å². The van der Waals surface area contributed by atoms with Crippen LogP contribution in [0.2, 0.25) is 10.0 Å². The molecule has 2 fully saturated rings. The lowest BCUT2D eigenvalue weighted by Gasteiger charge is -2.46. The van der Waals surface area contributed by atoms with E-state index in [0.717, 1.165) is 44.1 Å². The number of nitrogens with zero attached hydrogens (tertiary/aromatic N) is 3. The van der Waals surface area contributed by atoms with Crippen LogP contribution in [-0.4, -0.2) is 48.1 Å². The summed E-state index contributed by atoms with van der Waals surface area (Å²) in [5.74, 6) is 0.437. The number of hydrogen-bond acceptors (Lipinski definition) is 5. The highest BCUT2D eigenvalue weighted by Gasteiger charge is 2.40. The fraction of sp³-hybridized carbons (Fsp3) is 0.400. The van der Waals surface area contributed by atoms with E-state index in [1.54, 1.807) is 0 Å². The van der Waals surface area contributed by atoms with Gasteiger partial charge in [-0.2, -0.15) is 0 Å². The van der Waals surface area contributed by atoms with Crippen LogP contribution in [0.3, 0.4) is 0 Å². The van der Waals surface area contributed by atoms with Crippen LogP contribution in [0, 0.1) is 0 Å². The molecule has 0 N–H and O–H groups in total. The van der Waals surface area contributed by atoms with Gasteiger partial charge in [0, 0.05) is 44.8 Å². The molecule has 0 radical (unpaired) electrons. The number of rotatable bonds is 6. The van der Waals surface area contributed by atoms with Crippen LogP contribution >= 0.6 is 23.2 Å². The molecule has 2 aliphatic heterocycles. The Morgan fingerprint density at radius 2 is 1.93 bits per heavy atom. The van der Waals surface area contributed by atoms with Crippen molar-refractivity contribution in [2.45, 2.75) is 25.0 Å². The van der Waals surface area contributed by atoms with Crippen molar-refractivity contribution in [3.63, 3.8) is 0 Å². The van der Waals surface area contributed by atoms with Crippen molar-refractivity contribution in [1.29, 1.82) is 0 Å². The van der Waals surface area contributed by atoms with Crippen LogP contribution in [0.5, 0.6) is 0 Å². The summed E-state index contributed by atoms with van der Waals surface area (Å²) in [5.41, 5.74) is 2.82. The van der Waals surface area contributed by atoms with Gasteiger partial charge in [0.2, 0.25) is 0 Å². The Hall–Kier alpha value is -1.82. The van der Waals surface area contributed by atoms with Crippen LogP contribution in [0.15, 0.2) is 36.5 Å². The minimum atomic E-state index is -0.350. The fourth-order valence-corrected chi connectivity index (χ4v) is 4.50. The van der Waals surface area contributed by atoms with Crippen molar-refractivity contribution in [3.05, 3.63) is 57.8 Å². The summed E-state index contributed by atoms with van der Waals surface area (Å²) in [6, 6.07) is 9.83. The number of pyridine rings is 1. The van der Waals surface area contributed by atoms with Gasteiger partial charge in [0.05, 0.1) is 21.4 Å². The Balaban J connectivity index is 1.31. The van der Waals surface area contributed by atoms with Gasteiger partial charge in [-0.15, -0.1) is 0 Å². The van der Waals surface area contributed by atoms with Crippen LogP contribution in [0.25, 0.3) is 0 Å². The van der Waals surface area contributed by atoms with Gasteiger partial charge < -0.3 is 9.64 Å². The third-order valence-corrected chi connectivity index (χ3v) is 5.90. The molecule has 0 atom stereocenters. The average Bonchev–Trinajstić information content (AvgIpc) is 2.56. The fourth-order valence-electron chi connectivity index (χ4n) is 3.87. The highest BCUT2D eigenvalue weighted by Crippen LogP contribution is 2.40. The van der Waals surface area contributed by atoms with Crippen molar-refractivity contribution < 1.29 is 9.53 Å². The highest BCUT2D eigenvalue weighted by molar-refractivity contribution is 6.39. The minimum absolute atomic E-state index is 0.350. The number of ether oxygens (including phenoxy) is 1. The van der Waals surface area contributed by atoms with Crippen molar-refractivity contribution in [2.24, 2.45) is 0 Å². The smallest absolute Gasteiger partial charge is 0.293 e. The van der Waals surface area contributed by atoms with E-state index in [4.69, 9.17) is 27.9 Å².